The van der Waals surface area contributed by atoms with Gasteiger partial charge in [-0.15, -0.1) is 0 Å². The molecule has 1 aromatic heterocycles. The van der Waals surface area contributed by atoms with Crippen LogP contribution in [0.5, 0.6) is 5.75 Å². The minimum atomic E-state index is -3.47. The van der Waals surface area contributed by atoms with Gasteiger partial charge in [0, 0.05) is 29.1 Å². The van der Waals surface area contributed by atoms with Crippen LogP contribution in [0.15, 0.2) is 41.3 Å². The predicted molar refractivity (Wildman–Crippen MR) is 208 cm³/mol. The third-order valence-corrected chi connectivity index (χ3v) is 11.9. The number of methoxy groups -OCH3 is 1. The lowest BCUT2D eigenvalue weighted by molar-refractivity contribution is -0.137. The SMILES string of the molecule is CC1CCN(C(=O)CNC(=O)OC(C)(C)C)C1C(N)=O.CCCCC/C=C\C1CC1C(=O)NS(=O)(=O)C1(C)CC1.COc1c[nH]c(=O)c2cc(Cl)ccc12. The first kappa shape index (κ1) is 44.3. The fourth-order valence-electron chi connectivity index (χ4n) is 5.89. The summed E-state index contributed by atoms with van der Waals surface area (Å²) in [6, 6.07) is 4.53. The fraction of sp³-hybridized carbons (Fsp3) is 0.605. The van der Waals surface area contributed by atoms with Crippen LogP contribution in [0.3, 0.4) is 0 Å². The largest absolute Gasteiger partial charge is 0.495 e. The molecule has 4 amide bonds. The molecule has 3 aliphatic rings. The molecule has 2 aromatic rings. The number of primary amides is 1. The monoisotopic (exact) mass is 793 g/mol. The number of halogens is 1. The summed E-state index contributed by atoms with van der Waals surface area (Å²) >= 11 is 5.79. The minimum absolute atomic E-state index is 0.0398. The van der Waals surface area contributed by atoms with Crippen molar-refractivity contribution >= 4 is 56.2 Å². The van der Waals surface area contributed by atoms with Crippen LogP contribution in [0.4, 0.5) is 4.79 Å². The molecule has 4 atom stereocenters. The first-order chi connectivity index (χ1) is 25.2. The van der Waals surface area contributed by atoms with Gasteiger partial charge < -0.3 is 30.4 Å². The van der Waals surface area contributed by atoms with Crippen LogP contribution in [-0.2, 0) is 29.1 Å². The van der Waals surface area contributed by atoms with Gasteiger partial charge in [0.15, 0.2) is 0 Å². The molecular weight excluding hydrogens is 738 g/mol. The minimum Gasteiger partial charge on any atom is -0.495 e. The number of likely N-dealkylation sites (tertiary alicyclic amines) is 1. The number of hydrogen-bond donors (Lipinski definition) is 4. The lowest BCUT2D eigenvalue weighted by atomic mass is 10.0. The molecule has 0 bridgehead atoms. The second-order valence-electron chi connectivity index (χ2n) is 15.3. The predicted octanol–water partition coefficient (Wildman–Crippen LogP) is 5.18. The molecule has 2 heterocycles. The van der Waals surface area contributed by atoms with E-state index in [0.29, 0.717) is 35.5 Å². The van der Waals surface area contributed by atoms with Gasteiger partial charge in [-0.1, -0.05) is 50.4 Å². The highest BCUT2D eigenvalue weighted by molar-refractivity contribution is 7.91. The van der Waals surface area contributed by atoms with Crippen LogP contribution in [0.2, 0.25) is 5.02 Å². The van der Waals surface area contributed by atoms with Crippen molar-refractivity contribution in [2.24, 2.45) is 23.5 Å². The second-order valence-corrected chi connectivity index (χ2v) is 17.9. The number of nitrogens with one attached hydrogen (secondary N) is 3. The smallest absolute Gasteiger partial charge is 0.408 e. The summed E-state index contributed by atoms with van der Waals surface area (Å²) in [6.07, 6.45) is 12.6. The zero-order valence-corrected chi connectivity index (χ0v) is 33.9. The molecule has 300 valence electrons. The van der Waals surface area contributed by atoms with E-state index in [1.807, 2.05) is 6.92 Å². The Bertz CT molecular complexity index is 1850. The summed E-state index contributed by atoms with van der Waals surface area (Å²) in [5, 5.41) is 4.23. The van der Waals surface area contributed by atoms with E-state index in [1.54, 1.807) is 59.2 Å². The molecule has 0 spiro atoms. The zero-order chi connectivity index (χ0) is 40.4. The van der Waals surface area contributed by atoms with Crippen LogP contribution in [0.25, 0.3) is 10.8 Å². The molecule has 1 saturated heterocycles. The molecule has 1 aliphatic heterocycles. The van der Waals surface area contributed by atoms with Gasteiger partial charge in [0.25, 0.3) is 5.56 Å². The molecule has 3 fully saturated rings. The number of carbonyl (C=O) groups excluding carboxylic acids is 4. The first-order valence-electron chi connectivity index (χ1n) is 18.4. The number of aromatic nitrogens is 1. The number of allylic oxidation sites excluding steroid dienone is 2. The molecule has 16 heteroatoms. The van der Waals surface area contributed by atoms with Gasteiger partial charge in [0.2, 0.25) is 27.7 Å². The maximum absolute atomic E-state index is 12.0. The van der Waals surface area contributed by atoms with E-state index >= 15 is 0 Å². The van der Waals surface area contributed by atoms with E-state index < -0.39 is 38.4 Å². The number of amides is 4. The molecular formula is C38H56ClN5O9S. The molecule has 54 heavy (non-hydrogen) atoms. The van der Waals surface area contributed by atoms with E-state index in [2.05, 4.69) is 34.1 Å². The van der Waals surface area contributed by atoms with Crippen LogP contribution in [-0.4, -0.2) is 78.7 Å². The Hall–Kier alpha value is -4.11. The number of hydrogen-bond acceptors (Lipinski definition) is 9. The van der Waals surface area contributed by atoms with Gasteiger partial charge in [0.1, 0.15) is 23.9 Å². The van der Waals surface area contributed by atoms with Gasteiger partial charge in [-0.05, 0) is 96.3 Å². The van der Waals surface area contributed by atoms with Crippen molar-refractivity contribution < 1.29 is 37.1 Å². The number of carbonyl (C=O) groups is 4. The van der Waals surface area contributed by atoms with Gasteiger partial charge in [-0.25, -0.2) is 13.2 Å². The average molecular weight is 794 g/mol. The molecule has 14 nitrogen and oxygen atoms in total. The maximum atomic E-state index is 12.0. The van der Waals surface area contributed by atoms with E-state index in [1.165, 1.54) is 24.2 Å². The Morgan fingerprint density at radius 3 is 2.43 bits per heavy atom. The van der Waals surface area contributed by atoms with Crippen molar-refractivity contribution in [3.63, 3.8) is 0 Å². The Labute approximate surface area is 323 Å². The highest BCUT2D eigenvalue weighted by atomic mass is 35.5. The lowest BCUT2D eigenvalue weighted by Crippen LogP contribution is -2.49. The number of sulfonamides is 1. The van der Waals surface area contributed by atoms with Crippen molar-refractivity contribution in [2.45, 2.75) is 109 Å². The zero-order valence-electron chi connectivity index (χ0n) is 32.3. The Morgan fingerprint density at radius 1 is 1.15 bits per heavy atom. The number of benzene rings is 1. The second kappa shape index (κ2) is 19.0. The van der Waals surface area contributed by atoms with Crippen LogP contribution >= 0.6 is 11.6 Å². The summed E-state index contributed by atoms with van der Waals surface area (Å²) in [5.41, 5.74) is 4.53. The number of alkyl carbamates (subject to hydrolysis) is 1. The van der Waals surface area contributed by atoms with Crippen molar-refractivity contribution in [3.05, 3.63) is 51.9 Å². The number of aromatic amines is 1. The van der Waals surface area contributed by atoms with Crippen LogP contribution < -0.4 is 26.1 Å². The molecule has 5 rings (SSSR count). The van der Waals surface area contributed by atoms with Gasteiger partial charge >= 0.3 is 6.09 Å². The van der Waals surface area contributed by atoms with Crippen molar-refractivity contribution in [2.75, 3.05) is 20.2 Å². The highest BCUT2D eigenvalue weighted by Crippen LogP contribution is 2.44. The van der Waals surface area contributed by atoms with E-state index in [9.17, 15) is 32.4 Å². The molecule has 2 aliphatic carbocycles. The van der Waals surface area contributed by atoms with Gasteiger partial charge in [0.05, 0.1) is 17.2 Å². The van der Waals surface area contributed by atoms with E-state index in [-0.39, 0.29) is 41.7 Å². The Morgan fingerprint density at radius 2 is 1.83 bits per heavy atom. The number of unbranched alkanes of at least 4 members (excludes halogenated alkanes) is 3. The molecule has 4 unspecified atom stereocenters. The number of ether oxygens (including phenoxy) is 2. The van der Waals surface area contributed by atoms with Crippen molar-refractivity contribution in [1.29, 1.82) is 0 Å². The van der Waals surface area contributed by atoms with Crippen molar-refractivity contribution in [1.82, 2.24) is 19.9 Å². The number of fused-ring (bicyclic) bond motifs is 1. The number of H-pyrrole nitrogens is 1. The lowest BCUT2D eigenvalue weighted by Gasteiger charge is -2.25. The van der Waals surface area contributed by atoms with Gasteiger partial charge in [-0.3, -0.25) is 23.9 Å². The first-order valence-corrected chi connectivity index (χ1v) is 20.2. The highest BCUT2D eigenvalue weighted by Gasteiger charge is 2.52. The summed E-state index contributed by atoms with van der Waals surface area (Å²) < 4.78 is 35.6. The van der Waals surface area contributed by atoms with Gasteiger partial charge in [-0.2, -0.15) is 0 Å². The summed E-state index contributed by atoms with van der Waals surface area (Å²) in [7, 11) is -1.91. The standard InChI is InChI=1S/C15H25NO3S.C13H23N3O4.C10H8ClNO2/c1-3-4-5-6-7-8-12-11-13(12)14(17)16-20(18,19)15(2)9-10-15;1-8-5-6-16(10(8)11(14)18)9(17)7-15-12(19)20-13(2,3)4;1-14-9-5-12-10(13)8-4-6(11)2-3-7(8)9/h7-8,12-13H,3-6,9-11H2,1-2H3,(H,16,17);8,10H,5-7H2,1-4H3,(H2,14,18)(H,15,19);2-5H,1H3,(H,12,13)/b8-7-;;. The van der Waals surface area contributed by atoms with E-state index in [0.717, 1.165) is 24.6 Å². The third kappa shape index (κ3) is 12.7. The summed E-state index contributed by atoms with van der Waals surface area (Å²) in [6.45, 7) is 11.2. The van der Waals surface area contributed by atoms with Crippen molar-refractivity contribution in [3.8, 4) is 5.75 Å². The number of pyridine rings is 1. The average Bonchev–Trinajstić information content (AvgIpc) is 4.00. The number of nitrogens with two attached hydrogens (primary N) is 1. The summed E-state index contributed by atoms with van der Waals surface area (Å²) in [4.78, 5) is 62.2. The number of rotatable bonds is 12. The van der Waals surface area contributed by atoms with E-state index in [4.69, 9.17) is 26.8 Å². The fourth-order valence-corrected chi connectivity index (χ4v) is 7.36. The van der Waals surface area contributed by atoms with Crippen LogP contribution in [0, 0.1) is 17.8 Å². The topological polar surface area (TPSA) is 207 Å². The molecule has 1 aromatic carbocycles. The molecule has 5 N–H and O–H groups in total. The van der Waals surface area contributed by atoms with Crippen LogP contribution in [0.1, 0.15) is 92.9 Å². The Balaban J connectivity index is 0.000000221. The Kier molecular flexibility index (Phi) is 15.6. The molecule has 2 saturated carbocycles. The molecule has 0 radical (unpaired) electrons. The third-order valence-electron chi connectivity index (χ3n) is 9.51. The maximum Gasteiger partial charge on any atom is 0.408 e. The number of nitrogens with zero attached hydrogens (tertiary/aromatic N) is 1. The normalized spacial score (nSPS) is 21.2. The summed E-state index contributed by atoms with van der Waals surface area (Å²) in [5.74, 6) is -0.395. The quantitative estimate of drug-likeness (QED) is 0.165.